The SMILES string of the molecule is O=C(NCCC(=O)N1CCN(Cc2ccccc2F)CC1)c1ccc(F)cc1Cl. The third-order valence-corrected chi connectivity index (χ3v) is 5.19. The number of benzene rings is 2. The number of carbonyl (C=O) groups excluding carboxylic acids is 2. The van der Waals surface area contributed by atoms with Gasteiger partial charge in [-0.05, 0) is 24.3 Å². The van der Waals surface area contributed by atoms with Crippen LogP contribution in [0, 0.1) is 11.6 Å². The van der Waals surface area contributed by atoms with Gasteiger partial charge in [0.05, 0.1) is 10.6 Å². The first-order chi connectivity index (χ1) is 13.9. The molecule has 1 N–H and O–H groups in total. The Morgan fingerprint density at radius 1 is 1.03 bits per heavy atom. The zero-order valence-electron chi connectivity index (χ0n) is 15.8. The number of piperazine rings is 1. The van der Waals surface area contributed by atoms with Crippen LogP contribution in [0.25, 0.3) is 0 Å². The van der Waals surface area contributed by atoms with Crippen LogP contribution in [0.15, 0.2) is 42.5 Å². The van der Waals surface area contributed by atoms with Gasteiger partial charge in [0.15, 0.2) is 0 Å². The van der Waals surface area contributed by atoms with Gasteiger partial charge >= 0.3 is 0 Å². The molecule has 0 aliphatic carbocycles. The van der Waals surface area contributed by atoms with Gasteiger partial charge in [0, 0.05) is 51.3 Å². The maximum atomic E-state index is 13.8. The molecule has 1 fully saturated rings. The van der Waals surface area contributed by atoms with Crippen LogP contribution in [0.3, 0.4) is 0 Å². The lowest BCUT2D eigenvalue weighted by molar-refractivity contribution is -0.132. The maximum absolute atomic E-state index is 13.8. The zero-order chi connectivity index (χ0) is 20.8. The first kappa shape index (κ1) is 21.2. The molecule has 0 spiro atoms. The molecule has 8 heteroatoms. The largest absolute Gasteiger partial charge is 0.351 e. The van der Waals surface area contributed by atoms with Crippen molar-refractivity contribution in [2.24, 2.45) is 0 Å². The van der Waals surface area contributed by atoms with Crippen molar-refractivity contribution < 1.29 is 18.4 Å². The van der Waals surface area contributed by atoms with E-state index >= 15 is 0 Å². The third-order valence-electron chi connectivity index (χ3n) is 4.88. The van der Waals surface area contributed by atoms with Gasteiger partial charge in [-0.15, -0.1) is 0 Å². The molecule has 1 saturated heterocycles. The van der Waals surface area contributed by atoms with Crippen molar-refractivity contribution in [1.29, 1.82) is 0 Å². The highest BCUT2D eigenvalue weighted by Gasteiger charge is 2.21. The minimum Gasteiger partial charge on any atom is -0.351 e. The van der Waals surface area contributed by atoms with Gasteiger partial charge in [0.25, 0.3) is 5.91 Å². The summed E-state index contributed by atoms with van der Waals surface area (Å²) >= 11 is 5.86. The molecule has 0 radical (unpaired) electrons. The first-order valence-electron chi connectivity index (χ1n) is 9.41. The summed E-state index contributed by atoms with van der Waals surface area (Å²) in [5.41, 5.74) is 0.816. The average molecular weight is 422 g/mol. The maximum Gasteiger partial charge on any atom is 0.252 e. The predicted molar refractivity (Wildman–Crippen MR) is 107 cm³/mol. The Hall–Kier alpha value is -2.51. The van der Waals surface area contributed by atoms with Crippen LogP contribution in [-0.4, -0.2) is 54.3 Å². The van der Waals surface area contributed by atoms with Crippen molar-refractivity contribution in [3.63, 3.8) is 0 Å². The molecule has 0 atom stereocenters. The highest BCUT2D eigenvalue weighted by Crippen LogP contribution is 2.17. The highest BCUT2D eigenvalue weighted by molar-refractivity contribution is 6.33. The fourth-order valence-electron chi connectivity index (χ4n) is 3.23. The summed E-state index contributed by atoms with van der Waals surface area (Å²) in [6, 6.07) is 10.2. The molecule has 1 heterocycles. The second kappa shape index (κ2) is 9.80. The number of nitrogens with one attached hydrogen (secondary N) is 1. The molecule has 0 saturated carbocycles. The third kappa shape index (κ3) is 5.74. The van der Waals surface area contributed by atoms with E-state index in [0.717, 1.165) is 12.1 Å². The molecule has 1 aliphatic rings. The Morgan fingerprint density at radius 2 is 1.76 bits per heavy atom. The van der Waals surface area contributed by atoms with Crippen molar-refractivity contribution in [2.45, 2.75) is 13.0 Å². The van der Waals surface area contributed by atoms with Crippen LogP contribution in [0.5, 0.6) is 0 Å². The summed E-state index contributed by atoms with van der Waals surface area (Å²) in [5.74, 6) is -1.24. The second-order valence-corrected chi connectivity index (χ2v) is 7.29. The minimum atomic E-state index is -0.518. The zero-order valence-corrected chi connectivity index (χ0v) is 16.6. The van der Waals surface area contributed by atoms with Crippen LogP contribution in [-0.2, 0) is 11.3 Å². The van der Waals surface area contributed by atoms with E-state index < -0.39 is 11.7 Å². The van der Waals surface area contributed by atoms with E-state index in [0.29, 0.717) is 38.3 Å². The number of hydrogen-bond donors (Lipinski definition) is 1. The smallest absolute Gasteiger partial charge is 0.252 e. The number of halogens is 3. The van der Waals surface area contributed by atoms with Crippen LogP contribution < -0.4 is 5.32 Å². The summed E-state index contributed by atoms with van der Waals surface area (Å²) in [5, 5.41) is 2.66. The van der Waals surface area contributed by atoms with Gasteiger partial charge < -0.3 is 10.2 Å². The van der Waals surface area contributed by atoms with Gasteiger partial charge in [-0.25, -0.2) is 8.78 Å². The summed E-state index contributed by atoms with van der Waals surface area (Å²) in [6.07, 6.45) is 0.165. The number of carbonyl (C=O) groups is 2. The summed E-state index contributed by atoms with van der Waals surface area (Å²) in [6.45, 7) is 3.13. The lowest BCUT2D eigenvalue weighted by atomic mass is 10.2. The van der Waals surface area contributed by atoms with E-state index in [4.69, 9.17) is 11.6 Å². The van der Waals surface area contributed by atoms with Gasteiger partial charge in [0.2, 0.25) is 5.91 Å². The van der Waals surface area contributed by atoms with Crippen LogP contribution in [0.4, 0.5) is 8.78 Å². The van der Waals surface area contributed by atoms with Gasteiger partial charge in [-0.1, -0.05) is 29.8 Å². The lowest BCUT2D eigenvalue weighted by Gasteiger charge is -2.34. The summed E-state index contributed by atoms with van der Waals surface area (Å²) in [7, 11) is 0. The van der Waals surface area contributed by atoms with Crippen LogP contribution in [0.1, 0.15) is 22.3 Å². The van der Waals surface area contributed by atoms with Gasteiger partial charge in [-0.3, -0.25) is 14.5 Å². The molecule has 29 heavy (non-hydrogen) atoms. The van der Waals surface area contributed by atoms with Crippen molar-refractivity contribution in [1.82, 2.24) is 15.1 Å². The first-order valence-corrected chi connectivity index (χ1v) is 9.78. The van der Waals surface area contributed by atoms with E-state index in [1.165, 1.54) is 12.1 Å². The molecule has 2 amide bonds. The van der Waals surface area contributed by atoms with Gasteiger partial charge in [0.1, 0.15) is 11.6 Å². The number of rotatable bonds is 6. The summed E-state index contributed by atoms with van der Waals surface area (Å²) in [4.78, 5) is 28.3. The monoisotopic (exact) mass is 421 g/mol. The lowest BCUT2D eigenvalue weighted by Crippen LogP contribution is -2.48. The molecule has 2 aromatic rings. The normalized spacial score (nSPS) is 14.7. The number of hydrogen-bond acceptors (Lipinski definition) is 3. The number of nitrogens with zero attached hydrogens (tertiary/aromatic N) is 2. The Bertz CT molecular complexity index is 886. The molecule has 154 valence electrons. The van der Waals surface area contributed by atoms with Crippen molar-refractivity contribution in [2.75, 3.05) is 32.7 Å². The minimum absolute atomic E-state index is 0.0276. The van der Waals surface area contributed by atoms with E-state index in [1.807, 2.05) is 6.07 Å². The quantitative estimate of drug-likeness (QED) is 0.779. The van der Waals surface area contributed by atoms with Crippen molar-refractivity contribution >= 4 is 23.4 Å². The molecule has 0 unspecified atom stereocenters. The van der Waals surface area contributed by atoms with Crippen LogP contribution >= 0.6 is 11.6 Å². The molecule has 1 aliphatic heterocycles. The topological polar surface area (TPSA) is 52.7 Å². The second-order valence-electron chi connectivity index (χ2n) is 6.88. The van der Waals surface area contributed by atoms with Crippen molar-refractivity contribution in [3.05, 3.63) is 70.2 Å². The molecule has 0 aromatic heterocycles. The molecular formula is C21H22ClF2N3O2. The van der Waals surface area contributed by atoms with Crippen LogP contribution in [0.2, 0.25) is 5.02 Å². The van der Waals surface area contributed by atoms with E-state index in [-0.39, 0.29) is 35.3 Å². The molecule has 0 bridgehead atoms. The average Bonchev–Trinajstić information content (AvgIpc) is 2.70. The van der Waals surface area contributed by atoms with E-state index in [2.05, 4.69) is 10.2 Å². The van der Waals surface area contributed by atoms with E-state index in [1.54, 1.807) is 17.0 Å². The Labute approximate surface area is 173 Å². The summed E-state index contributed by atoms with van der Waals surface area (Å²) < 4.78 is 26.8. The molecule has 2 aromatic carbocycles. The molecular weight excluding hydrogens is 400 g/mol. The Balaban J connectivity index is 1.40. The fraction of sp³-hybridized carbons (Fsp3) is 0.333. The predicted octanol–water partition coefficient (Wildman–Crippen LogP) is 3.08. The Morgan fingerprint density at radius 3 is 2.45 bits per heavy atom. The number of amides is 2. The van der Waals surface area contributed by atoms with Crippen molar-refractivity contribution in [3.8, 4) is 0 Å². The molecule has 5 nitrogen and oxygen atoms in total. The molecule has 3 rings (SSSR count). The highest BCUT2D eigenvalue weighted by atomic mass is 35.5. The Kier molecular flexibility index (Phi) is 7.17. The van der Waals surface area contributed by atoms with E-state index in [9.17, 15) is 18.4 Å². The van der Waals surface area contributed by atoms with Gasteiger partial charge in [-0.2, -0.15) is 0 Å². The fourth-order valence-corrected chi connectivity index (χ4v) is 3.49. The standard InChI is InChI=1S/C21H22ClF2N3O2/c22-18-13-16(23)5-6-17(18)21(29)25-8-7-20(28)27-11-9-26(10-12-27)14-15-3-1-2-4-19(15)24/h1-6,13H,7-12,14H2,(H,25,29).